The second kappa shape index (κ2) is 13.3. The molecule has 1 unspecified atom stereocenters. The van der Waals surface area contributed by atoms with Crippen LogP contribution in [0.2, 0.25) is 0 Å². The Labute approximate surface area is 223 Å². The van der Waals surface area contributed by atoms with Crippen molar-refractivity contribution in [3.63, 3.8) is 0 Å². The zero-order valence-electron chi connectivity index (χ0n) is 21.5. The number of nitrogens with zero attached hydrogens (tertiary/aromatic N) is 4. The summed E-state index contributed by atoms with van der Waals surface area (Å²) in [7, 11) is 0. The summed E-state index contributed by atoms with van der Waals surface area (Å²) in [5.41, 5.74) is -0.685. The first-order chi connectivity index (χ1) is 18.9. The zero-order valence-corrected chi connectivity index (χ0v) is 21.5. The van der Waals surface area contributed by atoms with Gasteiger partial charge in [0.15, 0.2) is 23.1 Å². The quantitative estimate of drug-likeness (QED) is 0.353. The normalized spacial score (nSPS) is 14.7. The number of nitrogens with one attached hydrogen (secondary N) is 1. The molecule has 210 valence electrons. The fourth-order valence-corrected chi connectivity index (χ4v) is 4.29. The van der Waals surface area contributed by atoms with Gasteiger partial charge in [0.2, 0.25) is 11.6 Å². The zero-order chi connectivity index (χ0) is 27.8. The second-order valence-corrected chi connectivity index (χ2v) is 9.04. The van der Waals surface area contributed by atoms with Crippen molar-refractivity contribution < 1.29 is 32.9 Å². The smallest absolute Gasteiger partial charge is 0.271 e. The molecule has 0 radical (unpaired) electrons. The van der Waals surface area contributed by atoms with Crippen LogP contribution >= 0.6 is 0 Å². The van der Waals surface area contributed by atoms with Gasteiger partial charge in [-0.05, 0) is 50.7 Å². The third-order valence-corrected chi connectivity index (χ3v) is 6.27. The number of halogens is 2. The topological polar surface area (TPSA) is 130 Å². The van der Waals surface area contributed by atoms with Crippen LogP contribution in [0.1, 0.15) is 38.6 Å². The summed E-state index contributed by atoms with van der Waals surface area (Å²) < 4.78 is 47.5. The van der Waals surface area contributed by atoms with E-state index in [0.29, 0.717) is 38.4 Å². The van der Waals surface area contributed by atoms with E-state index in [1.165, 1.54) is 0 Å². The van der Waals surface area contributed by atoms with Gasteiger partial charge in [0.25, 0.3) is 11.5 Å². The summed E-state index contributed by atoms with van der Waals surface area (Å²) in [6.07, 6.45) is 5.09. The van der Waals surface area contributed by atoms with Crippen molar-refractivity contribution >= 4 is 11.7 Å². The summed E-state index contributed by atoms with van der Waals surface area (Å²) in [5, 5.41) is 20.1. The minimum Gasteiger partial charge on any atom is -0.491 e. The number of aromatic nitrogens is 4. The minimum atomic E-state index is -1.05. The molecule has 1 aliphatic heterocycles. The lowest BCUT2D eigenvalue weighted by atomic mass is 9.92. The number of aryl methyl sites for hydroxylation is 1. The third kappa shape index (κ3) is 7.18. The summed E-state index contributed by atoms with van der Waals surface area (Å²) in [4.78, 5) is 26.4. The fourth-order valence-electron chi connectivity index (χ4n) is 4.29. The summed E-state index contributed by atoms with van der Waals surface area (Å²) in [5.74, 6) is -3.22. The van der Waals surface area contributed by atoms with E-state index in [0.717, 1.165) is 41.9 Å². The van der Waals surface area contributed by atoms with Crippen molar-refractivity contribution in [2.75, 3.05) is 31.7 Å². The molecule has 2 N–H and O–H groups in total. The Morgan fingerprint density at radius 3 is 2.79 bits per heavy atom. The number of carbonyl (C=O) groups excluding carboxylic acids is 1. The van der Waals surface area contributed by atoms with E-state index in [2.05, 4.69) is 15.5 Å². The maximum atomic E-state index is 14.7. The van der Waals surface area contributed by atoms with Crippen molar-refractivity contribution in [3.8, 4) is 17.2 Å². The van der Waals surface area contributed by atoms with Crippen LogP contribution < -0.4 is 20.3 Å². The third-order valence-electron chi connectivity index (χ3n) is 6.27. The monoisotopic (exact) mass is 547 g/mol. The molecular formula is C26H31F2N5O6. The molecule has 0 bridgehead atoms. The highest BCUT2D eigenvalue weighted by molar-refractivity contribution is 5.92. The van der Waals surface area contributed by atoms with Gasteiger partial charge >= 0.3 is 0 Å². The van der Waals surface area contributed by atoms with Crippen LogP contribution in [0.4, 0.5) is 14.6 Å². The van der Waals surface area contributed by atoms with E-state index in [9.17, 15) is 18.4 Å². The van der Waals surface area contributed by atoms with Gasteiger partial charge in [-0.15, -0.1) is 0 Å². The van der Waals surface area contributed by atoms with Crippen molar-refractivity contribution in [2.45, 2.75) is 45.2 Å². The van der Waals surface area contributed by atoms with Gasteiger partial charge in [-0.1, -0.05) is 0 Å². The highest BCUT2D eigenvalue weighted by Crippen LogP contribution is 2.33. The van der Waals surface area contributed by atoms with Crippen LogP contribution in [-0.2, 0) is 16.1 Å². The molecule has 11 nitrogen and oxygen atoms in total. The maximum Gasteiger partial charge on any atom is 0.271 e. The molecule has 0 aliphatic carbocycles. The Morgan fingerprint density at radius 2 is 2.08 bits per heavy atom. The predicted molar refractivity (Wildman–Crippen MR) is 136 cm³/mol. The molecule has 0 spiro atoms. The minimum absolute atomic E-state index is 0.0141. The molecule has 13 heteroatoms. The molecule has 1 aromatic carbocycles. The van der Waals surface area contributed by atoms with E-state index >= 15 is 0 Å². The highest BCUT2D eigenvalue weighted by atomic mass is 19.1. The molecule has 3 aromatic rings. The Balaban J connectivity index is 1.57. The molecule has 2 aromatic heterocycles. The van der Waals surface area contributed by atoms with Crippen LogP contribution in [-0.4, -0.2) is 57.0 Å². The lowest BCUT2D eigenvalue weighted by molar-refractivity contribution is -0.120. The van der Waals surface area contributed by atoms with Crippen LogP contribution in [0.5, 0.6) is 17.2 Å². The molecular weight excluding hydrogens is 516 g/mol. The van der Waals surface area contributed by atoms with Crippen LogP contribution in [0, 0.1) is 17.6 Å². The average Bonchev–Trinajstić information content (AvgIpc) is 3.38. The van der Waals surface area contributed by atoms with E-state index in [1.807, 2.05) is 0 Å². The van der Waals surface area contributed by atoms with Gasteiger partial charge in [-0.2, -0.15) is 14.6 Å². The SMILES string of the molecule is CCOc1ccc(F)c(Oc2cnn(C(CC3CCOCC3)C(=O)Nc3ccn(CCCO)n3)c(=O)c2)c1F. The lowest BCUT2D eigenvalue weighted by Crippen LogP contribution is -2.36. The van der Waals surface area contributed by atoms with E-state index in [4.69, 9.17) is 19.3 Å². The van der Waals surface area contributed by atoms with Crippen LogP contribution in [0.15, 0.2) is 41.5 Å². The van der Waals surface area contributed by atoms with Gasteiger partial charge in [0.1, 0.15) is 6.04 Å². The van der Waals surface area contributed by atoms with E-state index < -0.39 is 34.9 Å². The molecule has 1 atom stereocenters. The average molecular weight is 548 g/mol. The molecule has 1 fully saturated rings. The standard InChI is InChI=1S/C26H31F2N5O6/c1-2-38-21-5-4-19(27)25(24(21)28)39-18-15-23(35)33(29-16-18)20(14-17-7-12-37-13-8-17)26(36)30-22-6-10-32(31-22)9-3-11-34/h4-6,10,15-17,20,34H,2-3,7-9,11-14H2,1H3,(H,30,31,36). The first-order valence-corrected chi connectivity index (χ1v) is 12.8. The van der Waals surface area contributed by atoms with Crippen molar-refractivity contribution in [3.05, 3.63) is 58.6 Å². The predicted octanol–water partition coefficient (Wildman–Crippen LogP) is 3.29. The van der Waals surface area contributed by atoms with Gasteiger partial charge in [0.05, 0.1) is 12.8 Å². The Hall–Kier alpha value is -3.84. The molecule has 1 amide bonds. The van der Waals surface area contributed by atoms with E-state index in [-0.39, 0.29) is 30.6 Å². The molecule has 0 saturated carbocycles. The van der Waals surface area contributed by atoms with Crippen molar-refractivity contribution in [1.29, 1.82) is 0 Å². The number of hydrogen-bond donors (Lipinski definition) is 2. The van der Waals surface area contributed by atoms with Crippen molar-refractivity contribution in [2.24, 2.45) is 5.92 Å². The number of benzene rings is 1. The fraction of sp³-hybridized carbons (Fsp3) is 0.462. The maximum absolute atomic E-state index is 14.7. The van der Waals surface area contributed by atoms with Gasteiger partial charge in [-0.3, -0.25) is 14.3 Å². The highest BCUT2D eigenvalue weighted by Gasteiger charge is 2.29. The number of aliphatic hydroxyl groups is 1. The first kappa shape index (κ1) is 28.2. The van der Waals surface area contributed by atoms with Crippen LogP contribution in [0.3, 0.4) is 0 Å². The first-order valence-electron chi connectivity index (χ1n) is 12.8. The number of aliphatic hydroxyl groups excluding tert-OH is 1. The number of carbonyl (C=O) groups is 1. The molecule has 1 aliphatic rings. The summed E-state index contributed by atoms with van der Waals surface area (Å²) >= 11 is 0. The largest absolute Gasteiger partial charge is 0.491 e. The number of amides is 1. The molecule has 1 saturated heterocycles. The lowest BCUT2D eigenvalue weighted by Gasteiger charge is -2.26. The summed E-state index contributed by atoms with van der Waals surface area (Å²) in [6, 6.07) is 3.80. The number of hydrogen-bond acceptors (Lipinski definition) is 8. The number of rotatable bonds is 12. The van der Waals surface area contributed by atoms with Gasteiger partial charge < -0.3 is 24.6 Å². The van der Waals surface area contributed by atoms with Crippen LogP contribution in [0.25, 0.3) is 0 Å². The molecule has 39 heavy (non-hydrogen) atoms. The molecule has 4 rings (SSSR count). The number of ether oxygens (including phenoxy) is 3. The second-order valence-electron chi connectivity index (χ2n) is 9.04. The Kier molecular flexibility index (Phi) is 9.60. The van der Waals surface area contributed by atoms with Gasteiger partial charge in [-0.25, -0.2) is 9.07 Å². The van der Waals surface area contributed by atoms with Crippen molar-refractivity contribution in [1.82, 2.24) is 19.6 Å². The van der Waals surface area contributed by atoms with Gasteiger partial charge in [0, 0.05) is 44.7 Å². The summed E-state index contributed by atoms with van der Waals surface area (Å²) in [6.45, 7) is 3.43. The Morgan fingerprint density at radius 1 is 1.28 bits per heavy atom. The molecule has 3 heterocycles. The number of anilines is 1. The Bertz CT molecular complexity index is 1320. The van der Waals surface area contributed by atoms with E-state index in [1.54, 1.807) is 23.9 Å².